The lowest BCUT2D eigenvalue weighted by Crippen LogP contribution is -2.15. The van der Waals surface area contributed by atoms with Crippen LogP contribution in [0, 0.1) is 6.92 Å². The van der Waals surface area contributed by atoms with Crippen molar-refractivity contribution in [3.05, 3.63) is 71.7 Å². The number of nitrogens with one attached hydrogen (secondary N) is 1. The number of aromatic nitrogens is 3. The summed E-state index contributed by atoms with van der Waals surface area (Å²) in [7, 11) is 0. The Bertz CT molecular complexity index is 1060. The van der Waals surface area contributed by atoms with Gasteiger partial charge in [-0.1, -0.05) is 30.3 Å². The Kier molecular flexibility index (Phi) is 4.76. The number of carbonyl (C=O) groups is 1. The maximum atomic E-state index is 12.3. The molecular formula is C20H16N4O2S. The molecule has 6 nitrogen and oxygen atoms in total. The first-order valence-corrected chi connectivity index (χ1v) is 9.24. The van der Waals surface area contributed by atoms with Crippen molar-refractivity contribution in [2.75, 3.05) is 5.32 Å². The van der Waals surface area contributed by atoms with Gasteiger partial charge in [-0.3, -0.25) is 4.79 Å². The van der Waals surface area contributed by atoms with Crippen LogP contribution in [0.4, 0.5) is 5.69 Å². The molecule has 1 amide bonds. The average molecular weight is 376 g/mol. The zero-order valence-electron chi connectivity index (χ0n) is 14.5. The number of furan rings is 1. The van der Waals surface area contributed by atoms with Gasteiger partial charge in [0.1, 0.15) is 5.76 Å². The highest BCUT2D eigenvalue weighted by atomic mass is 32.1. The third kappa shape index (κ3) is 4.09. The number of amides is 1. The molecule has 1 N–H and O–H groups in total. The molecule has 0 aliphatic carbocycles. The van der Waals surface area contributed by atoms with Crippen molar-refractivity contribution in [3.8, 4) is 22.2 Å². The quantitative estimate of drug-likeness (QED) is 0.560. The number of nitrogens with zero attached hydrogens (tertiary/aromatic N) is 3. The molecule has 0 atom stereocenters. The lowest BCUT2D eigenvalue weighted by Gasteiger charge is -2.04. The van der Waals surface area contributed by atoms with Crippen LogP contribution in [0.3, 0.4) is 0 Å². The van der Waals surface area contributed by atoms with Crippen LogP contribution in [0.1, 0.15) is 11.5 Å². The third-order valence-corrected chi connectivity index (χ3v) is 4.72. The molecule has 3 heterocycles. The van der Waals surface area contributed by atoms with E-state index < -0.39 is 0 Å². The molecule has 0 bridgehead atoms. The molecule has 0 saturated heterocycles. The van der Waals surface area contributed by atoms with Gasteiger partial charge in [0.25, 0.3) is 0 Å². The summed E-state index contributed by atoms with van der Waals surface area (Å²) in [5, 5.41) is 5.43. The number of benzene rings is 1. The van der Waals surface area contributed by atoms with Gasteiger partial charge >= 0.3 is 0 Å². The lowest BCUT2D eigenvalue weighted by atomic mass is 10.2. The summed E-state index contributed by atoms with van der Waals surface area (Å²) in [6, 6.07) is 13.4. The largest absolute Gasteiger partial charge is 0.459 e. The molecule has 134 valence electrons. The van der Waals surface area contributed by atoms with Gasteiger partial charge in [-0.2, -0.15) is 0 Å². The molecule has 0 fully saturated rings. The molecule has 4 rings (SSSR count). The van der Waals surface area contributed by atoms with Gasteiger partial charge < -0.3 is 9.73 Å². The summed E-state index contributed by atoms with van der Waals surface area (Å²) in [6.45, 7) is 1.89. The van der Waals surface area contributed by atoms with E-state index in [1.807, 2.05) is 54.8 Å². The predicted molar refractivity (Wildman–Crippen MR) is 104 cm³/mol. The van der Waals surface area contributed by atoms with Gasteiger partial charge in [-0.25, -0.2) is 15.0 Å². The van der Waals surface area contributed by atoms with Crippen LogP contribution in [0.5, 0.6) is 0 Å². The fourth-order valence-electron chi connectivity index (χ4n) is 2.55. The molecule has 0 saturated carbocycles. The van der Waals surface area contributed by atoms with Crippen LogP contribution in [-0.4, -0.2) is 20.9 Å². The van der Waals surface area contributed by atoms with E-state index in [1.54, 1.807) is 12.4 Å². The summed E-state index contributed by atoms with van der Waals surface area (Å²) in [5.41, 5.74) is 2.18. The number of anilines is 1. The molecule has 0 unspecified atom stereocenters. The summed E-state index contributed by atoms with van der Waals surface area (Å²) < 4.78 is 5.56. The van der Waals surface area contributed by atoms with Crippen molar-refractivity contribution in [2.24, 2.45) is 0 Å². The van der Waals surface area contributed by atoms with Crippen LogP contribution >= 0.6 is 11.3 Å². The van der Waals surface area contributed by atoms with Gasteiger partial charge in [-0.15, -0.1) is 11.3 Å². The first-order chi connectivity index (χ1) is 13.2. The van der Waals surface area contributed by atoms with Gasteiger partial charge in [-0.05, 0) is 19.1 Å². The standard InChI is InChI=1S/C20H16N4O2S/c1-13-7-8-17(26-13)20-24-15(12-27-20)9-18(25)23-16-10-21-19(22-11-16)14-5-3-2-4-6-14/h2-8,10-12H,9H2,1H3,(H,23,25). The Balaban J connectivity index is 1.39. The van der Waals surface area contributed by atoms with Crippen molar-refractivity contribution in [1.82, 2.24) is 15.0 Å². The fourth-order valence-corrected chi connectivity index (χ4v) is 3.33. The normalized spacial score (nSPS) is 10.7. The van der Waals surface area contributed by atoms with E-state index >= 15 is 0 Å². The molecule has 4 aromatic rings. The first-order valence-electron chi connectivity index (χ1n) is 8.36. The van der Waals surface area contributed by atoms with E-state index in [-0.39, 0.29) is 12.3 Å². The van der Waals surface area contributed by atoms with Crippen LogP contribution in [-0.2, 0) is 11.2 Å². The summed E-state index contributed by atoms with van der Waals surface area (Å²) in [4.78, 5) is 25.3. The van der Waals surface area contributed by atoms with Crippen molar-refractivity contribution in [1.29, 1.82) is 0 Å². The molecule has 3 aromatic heterocycles. The smallest absolute Gasteiger partial charge is 0.230 e. The number of aryl methyl sites for hydroxylation is 1. The lowest BCUT2D eigenvalue weighted by molar-refractivity contribution is -0.115. The minimum absolute atomic E-state index is 0.168. The van der Waals surface area contributed by atoms with Gasteiger partial charge in [0.2, 0.25) is 5.91 Å². The van der Waals surface area contributed by atoms with Gasteiger partial charge in [0.05, 0.1) is 30.2 Å². The Morgan fingerprint density at radius 2 is 1.89 bits per heavy atom. The Labute approximate surface area is 160 Å². The molecule has 0 aliphatic heterocycles. The van der Waals surface area contributed by atoms with E-state index in [2.05, 4.69) is 20.3 Å². The Morgan fingerprint density at radius 1 is 1.11 bits per heavy atom. The van der Waals surface area contributed by atoms with Crippen LogP contribution < -0.4 is 5.32 Å². The SMILES string of the molecule is Cc1ccc(-c2nc(CC(=O)Nc3cnc(-c4ccccc4)nc3)cs2)o1. The van der Waals surface area contributed by atoms with E-state index in [1.165, 1.54) is 11.3 Å². The molecule has 27 heavy (non-hydrogen) atoms. The highest BCUT2D eigenvalue weighted by Gasteiger charge is 2.12. The van der Waals surface area contributed by atoms with Crippen LogP contribution in [0.15, 0.2) is 64.7 Å². The molecular weight excluding hydrogens is 360 g/mol. The van der Waals surface area contributed by atoms with Crippen molar-refractivity contribution < 1.29 is 9.21 Å². The third-order valence-electron chi connectivity index (χ3n) is 3.81. The maximum absolute atomic E-state index is 12.3. The van der Waals surface area contributed by atoms with E-state index in [0.29, 0.717) is 23.0 Å². The summed E-state index contributed by atoms with van der Waals surface area (Å²) in [5.74, 6) is 2.00. The molecule has 7 heteroatoms. The van der Waals surface area contributed by atoms with Crippen LogP contribution in [0.25, 0.3) is 22.2 Å². The monoisotopic (exact) mass is 376 g/mol. The highest BCUT2D eigenvalue weighted by Crippen LogP contribution is 2.25. The van der Waals surface area contributed by atoms with E-state index in [4.69, 9.17) is 4.42 Å². The van der Waals surface area contributed by atoms with Crippen LogP contribution in [0.2, 0.25) is 0 Å². The highest BCUT2D eigenvalue weighted by molar-refractivity contribution is 7.13. The second-order valence-electron chi connectivity index (χ2n) is 5.94. The predicted octanol–water partition coefficient (Wildman–Crippen LogP) is 4.35. The molecule has 1 aromatic carbocycles. The topological polar surface area (TPSA) is 80.9 Å². The molecule has 0 spiro atoms. The minimum atomic E-state index is -0.168. The van der Waals surface area contributed by atoms with E-state index in [0.717, 1.165) is 16.3 Å². The molecule has 0 radical (unpaired) electrons. The number of hydrogen-bond acceptors (Lipinski definition) is 6. The number of carbonyl (C=O) groups excluding carboxylic acids is 1. The van der Waals surface area contributed by atoms with E-state index in [9.17, 15) is 4.79 Å². The van der Waals surface area contributed by atoms with Crippen molar-refractivity contribution in [2.45, 2.75) is 13.3 Å². The van der Waals surface area contributed by atoms with Crippen molar-refractivity contribution in [3.63, 3.8) is 0 Å². The number of rotatable bonds is 5. The fraction of sp³-hybridized carbons (Fsp3) is 0.100. The maximum Gasteiger partial charge on any atom is 0.230 e. The summed E-state index contributed by atoms with van der Waals surface area (Å²) >= 11 is 1.45. The second-order valence-corrected chi connectivity index (χ2v) is 6.80. The van der Waals surface area contributed by atoms with Gasteiger partial charge in [0, 0.05) is 10.9 Å². The number of thiazole rings is 1. The molecule has 0 aliphatic rings. The minimum Gasteiger partial charge on any atom is -0.459 e. The van der Waals surface area contributed by atoms with Gasteiger partial charge in [0.15, 0.2) is 16.6 Å². The average Bonchev–Trinajstić information content (AvgIpc) is 3.32. The number of hydrogen-bond donors (Lipinski definition) is 1. The Hall–Kier alpha value is -3.32. The zero-order valence-corrected chi connectivity index (χ0v) is 15.4. The second kappa shape index (κ2) is 7.51. The van der Waals surface area contributed by atoms with Crippen molar-refractivity contribution >= 4 is 22.9 Å². The first kappa shape index (κ1) is 17.1. The summed E-state index contributed by atoms with van der Waals surface area (Å²) in [6.07, 6.45) is 3.38. The zero-order chi connectivity index (χ0) is 18.6. The Morgan fingerprint density at radius 3 is 2.59 bits per heavy atom.